The topological polar surface area (TPSA) is 84.8 Å². The molecular formula is C12H7F3N4O2S3. The lowest BCUT2D eigenvalue weighted by Crippen LogP contribution is -2.11. The van der Waals surface area contributed by atoms with Crippen molar-refractivity contribution in [1.29, 1.82) is 0 Å². The number of hydrogen-bond acceptors (Lipinski definition) is 7. The summed E-state index contributed by atoms with van der Waals surface area (Å²) in [6.45, 7) is 0. The minimum Gasteiger partial charge on any atom is -0.255 e. The molecule has 0 saturated heterocycles. The summed E-state index contributed by atoms with van der Waals surface area (Å²) in [7, 11) is -4.05. The Hall–Kier alpha value is -2.05. The van der Waals surface area contributed by atoms with Crippen LogP contribution in [0.1, 0.15) is 5.01 Å². The highest BCUT2D eigenvalue weighted by molar-refractivity contribution is 7.95. The van der Waals surface area contributed by atoms with E-state index in [0.717, 1.165) is 11.3 Å². The Labute approximate surface area is 142 Å². The molecule has 0 amide bonds. The monoisotopic (exact) mass is 392 g/mol. The molecule has 0 unspecified atom stereocenters. The van der Waals surface area contributed by atoms with Gasteiger partial charge in [-0.05, 0) is 24.3 Å². The van der Waals surface area contributed by atoms with Crippen LogP contribution in [0.4, 0.5) is 18.3 Å². The molecule has 0 fully saturated rings. The van der Waals surface area contributed by atoms with Crippen LogP contribution in [0.2, 0.25) is 0 Å². The van der Waals surface area contributed by atoms with Crippen LogP contribution in [-0.2, 0) is 16.2 Å². The Kier molecular flexibility index (Phi) is 4.27. The molecule has 0 spiro atoms. The summed E-state index contributed by atoms with van der Waals surface area (Å²) >= 11 is 1.07. The van der Waals surface area contributed by atoms with E-state index in [0.29, 0.717) is 10.6 Å². The maximum Gasteiger partial charge on any atom is 0.445 e. The summed E-state index contributed by atoms with van der Waals surface area (Å²) in [4.78, 5) is 4.72. The summed E-state index contributed by atoms with van der Waals surface area (Å²) in [5, 5.41) is 4.47. The van der Waals surface area contributed by atoms with Crippen molar-refractivity contribution in [2.45, 2.75) is 10.4 Å². The van der Waals surface area contributed by atoms with Crippen molar-refractivity contribution < 1.29 is 21.6 Å². The smallest absolute Gasteiger partial charge is 0.255 e. The van der Waals surface area contributed by atoms with E-state index in [1.807, 2.05) is 4.72 Å². The lowest BCUT2D eigenvalue weighted by molar-refractivity contribution is -0.138. The molecule has 0 aromatic carbocycles. The van der Waals surface area contributed by atoms with Crippen LogP contribution in [0.15, 0.2) is 40.7 Å². The summed E-state index contributed by atoms with van der Waals surface area (Å²) in [6.07, 6.45) is -3.10. The van der Waals surface area contributed by atoms with E-state index in [1.165, 1.54) is 6.07 Å². The Morgan fingerprint density at radius 1 is 1.04 bits per heavy atom. The van der Waals surface area contributed by atoms with Crippen LogP contribution < -0.4 is 4.72 Å². The van der Waals surface area contributed by atoms with E-state index in [9.17, 15) is 21.6 Å². The van der Waals surface area contributed by atoms with Gasteiger partial charge < -0.3 is 0 Å². The standard InChI is InChI=1S/C12H7F3N4O2S3/c13-12(14,15)10-17-18-11(23-10)19-24(20,21)9-5-4-8(22-9)7-3-1-2-6-16-7/h1-6H,(H,18,19). The van der Waals surface area contributed by atoms with Crippen LogP contribution in [0.5, 0.6) is 0 Å². The Balaban J connectivity index is 1.84. The lowest BCUT2D eigenvalue weighted by Gasteiger charge is -2.01. The average Bonchev–Trinajstić information content (AvgIpc) is 3.16. The predicted octanol–water partition coefficient (Wildman–Crippen LogP) is 3.48. The Morgan fingerprint density at radius 2 is 1.83 bits per heavy atom. The second-order valence-electron chi connectivity index (χ2n) is 4.35. The number of halogens is 3. The van der Waals surface area contributed by atoms with Gasteiger partial charge in [-0.1, -0.05) is 17.4 Å². The zero-order chi connectivity index (χ0) is 17.4. The van der Waals surface area contributed by atoms with Crippen molar-refractivity contribution in [3.05, 3.63) is 41.5 Å². The maximum atomic E-state index is 12.5. The van der Waals surface area contributed by atoms with E-state index in [4.69, 9.17) is 0 Å². The number of hydrogen-bond donors (Lipinski definition) is 1. The molecular weight excluding hydrogens is 385 g/mol. The van der Waals surface area contributed by atoms with Gasteiger partial charge in [0.1, 0.15) is 4.21 Å². The third-order valence-corrected chi connectivity index (χ3v) is 6.60. The number of sulfonamides is 1. The fraction of sp³-hybridized carbons (Fsp3) is 0.0833. The number of nitrogens with one attached hydrogen (secondary N) is 1. The fourth-order valence-electron chi connectivity index (χ4n) is 1.66. The van der Waals surface area contributed by atoms with Gasteiger partial charge in [-0.25, -0.2) is 8.42 Å². The van der Waals surface area contributed by atoms with Crippen LogP contribution in [-0.4, -0.2) is 23.6 Å². The van der Waals surface area contributed by atoms with Crippen molar-refractivity contribution in [3.8, 4) is 10.6 Å². The van der Waals surface area contributed by atoms with E-state index < -0.39 is 26.3 Å². The van der Waals surface area contributed by atoms with Gasteiger partial charge in [0.2, 0.25) is 10.1 Å². The molecule has 24 heavy (non-hydrogen) atoms. The molecule has 0 saturated carbocycles. The normalized spacial score (nSPS) is 12.3. The molecule has 0 aliphatic heterocycles. The van der Waals surface area contributed by atoms with Crippen molar-refractivity contribution in [2.24, 2.45) is 0 Å². The van der Waals surface area contributed by atoms with Crippen molar-refractivity contribution in [3.63, 3.8) is 0 Å². The van der Waals surface area contributed by atoms with Crippen LogP contribution >= 0.6 is 22.7 Å². The number of pyridine rings is 1. The number of anilines is 1. The van der Waals surface area contributed by atoms with E-state index in [-0.39, 0.29) is 15.5 Å². The van der Waals surface area contributed by atoms with Crippen molar-refractivity contribution in [1.82, 2.24) is 15.2 Å². The molecule has 6 nitrogen and oxygen atoms in total. The van der Waals surface area contributed by atoms with E-state index in [1.54, 1.807) is 30.5 Å². The highest BCUT2D eigenvalue weighted by atomic mass is 32.2. The molecule has 126 valence electrons. The highest BCUT2D eigenvalue weighted by Crippen LogP contribution is 2.35. The molecule has 3 rings (SSSR count). The van der Waals surface area contributed by atoms with Gasteiger partial charge in [0.25, 0.3) is 10.0 Å². The van der Waals surface area contributed by atoms with Gasteiger partial charge in [0, 0.05) is 6.20 Å². The SMILES string of the molecule is O=S(=O)(Nc1nnc(C(F)(F)F)s1)c1ccc(-c2ccccn2)s1. The van der Waals surface area contributed by atoms with Crippen LogP contribution in [0.3, 0.4) is 0 Å². The van der Waals surface area contributed by atoms with Gasteiger partial charge in [-0.15, -0.1) is 21.5 Å². The van der Waals surface area contributed by atoms with Gasteiger partial charge >= 0.3 is 6.18 Å². The first-order chi connectivity index (χ1) is 11.3. The fourth-order valence-corrected chi connectivity index (χ4v) is 4.78. The van der Waals surface area contributed by atoms with Gasteiger partial charge in [0.05, 0.1) is 10.6 Å². The first-order valence-corrected chi connectivity index (χ1v) is 9.32. The maximum absolute atomic E-state index is 12.5. The molecule has 1 N–H and O–H groups in total. The van der Waals surface area contributed by atoms with Crippen molar-refractivity contribution >= 4 is 37.8 Å². The zero-order valence-corrected chi connectivity index (χ0v) is 13.9. The molecule has 3 heterocycles. The Morgan fingerprint density at radius 3 is 2.46 bits per heavy atom. The van der Waals surface area contributed by atoms with Gasteiger partial charge in [-0.3, -0.25) is 9.71 Å². The molecule has 0 aliphatic carbocycles. The molecule has 0 bridgehead atoms. The molecule has 0 radical (unpaired) electrons. The van der Waals surface area contributed by atoms with Crippen LogP contribution in [0, 0.1) is 0 Å². The summed E-state index contributed by atoms with van der Waals surface area (Å²) in [5.41, 5.74) is 0.597. The number of thiophene rings is 1. The molecule has 3 aromatic rings. The quantitative estimate of drug-likeness (QED) is 0.735. The summed E-state index contributed by atoms with van der Waals surface area (Å²) in [5.74, 6) is 0. The second-order valence-corrected chi connectivity index (χ2v) is 8.32. The van der Waals surface area contributed by atoms with Gasteiger partial charge in [0.15, 0.2) is 0 Å². The first kappa shape index (κ1) is 16.8. The van der Waals surface area contributed by atoms with E-state index >= 15 is 0 Å². The lowest BCUT2D eigenvalue weighted by atomic mass is 10.3. The molecule has 0 aliphatic rings. The number of rotatable bonds is 4. The third-order valence-electron chi connectivity index (χ3n) is 2.65. The van der Waals surface area contributed by atoms with Gasteiger partial charge in [-0.2, -0.15) is 13.2 Å². The number of nitrogens with zero attached hydrogens (tertiary/aromatic N) is 3. The minimum atomic E-state index is -4.67. The molecule has 3 aromatic heterocycles. The Bertz CT molecular complexity index is 951. The van der Waals surface area contributed by atoms with E-state index in [2.05, 4.69) is 15.2 Å². The number of aromatic nitrogens is 3. The summed E-state index contributed by atoms with van der Waals surface area (Å²) in [6, 6.07) is 8.12. The molecule has 12 heteroatoms. The second kappa shape index (κ2) is 6.11. The average molecular weight is 392 g/mol. The minimum absolute atomic E-state index is 0.0630. The third kappa shape index (κ3) is 3.55. The van der Waals surface area contributed by atoms with Crippen molar-refractivity contribution in [2.75, 3.05) is 4.72 Å². The molecule has 0 atom stereocenters. The first-order valence-electron chi connectivity index (χ1n) is 6.20. The zero-order valence-electron chi connectivity index (χ0n) is 11.5. The predicted molar refractivity (Wildman–Crippen MR) is 83.3 cm³/mol. The largest absolute Gasteiger partial charge is 0.445 e. The number of alkyl halides is 3. The van der Waals surface area contributed by atoms with Crippen LogP contribution in [0.25, 0.3) is 10.6 Å². The highest BCUT2D eigenvalue weighted by Gasteiger charge is 2.36. The summed E-state index contributed by atoms with van der Waals surface area (Å²) < 4.78 is 63.8.